The maximum absolute atomic E-state index is 14.4. The van der Waals surface area contributed by atoms with Gasteiger partial charge >= 0.3 is 7.12 Å². The lowest BCUT2D eigenvalue weighted by atomic mass is 9.75. The molecule has 0 amide bonds. The predicted molar refractivity (Wildman–Crippen MR) is 91.2 cm³/mol. The highest BCUT2D eigenvalue weighted by atomic mass is 19.1. The van der Waals surface area contributed by atoms with Crippen molar-refractivity contribution in [3.05, 3.63) is 29.6 Å². The molecule has 1 aromatic rings. The quantitative estimate of drug-likeness (QED) is 0.865. The summed E-state index contributed by atoms with van der Waals surface area (Å²) in [5.74, 6) is -0.192. The summed E-state index contributed by atoms with van der Waals surface area (Å²) in [4.78, 5) is 0. The zero-order valence-corrected chi connectivity index (χ0v) is 14.6. The van der Waals surface area contributed by atoms with Crippen molar-refractivity contribution >= 4 is 12.6 Å². The molecule has 126 valence electrons. The molecular weight excluding hydrogens is 292 g/mol. The zero-order chi connectivity index (χ0) is 16.7. The highest BCUT2D eigenvalue weighted by Gasteiger charge is 2.52. The molecule has 1 heterocycles. The summed E-state index contributed by atoms with van der Waals surface area (Å²) < 4.78 is 26.6. The largest absolute Gasteiger partial charge is 0.495 e. The molecule has 1 N–H and O–H groups in total. The highest BCUT2D eigenvalue weighted by molar-refractivity contribution is 6.62. The van der Waals surface area contributed by atoms with Crippen LogP contribution in [0.15, 0.2) is 18.2 Å². The van der Waals surface area contributed by atoms with Gasteiger partial charge in [-0.2, -0.15) is 0 Å². The van der Waals surface area contributed by atoms with Gasteiger partial charge in [0.25, 0.3) is 0 Å². The number of rotatable bonds is 4. The molecule has 0 radical (unpaired) electrons. The van der Waals surface area contributed by atoms with E-state index in [1.54, 1.807) is 6.07 Å². The van der Waals surface area contributed by atoms with Crippen LogP contribution in [0.5, 0.6) is 0 Å². The molecule has 2 aliphatic rings. The summed E-state index contributed by atoms with van der Waals surface area (Å²) in [6.45, 7) is 8.59. The first-order chi connectivity index (χ1) is 10.8. The van der Waals surface area contributed by atoms with Gasteiger partial charge in [0.2, 0.25) is 0 Å². The Morgan fingerprint density at radius 1 is 1.13 bits per heavy atom. The summed E-state index contributed by atoms with van der Waals surface area (Å²) in [5.41, 5.74) is 0.632. The van der Waals surface area contributed by atoms with Crippen LogP contribution in [-0.2, 0) is 15.9 Å². The van der Waals surface area contributed by atoms with Gasteiger partial charge in [0.1, 0.15) is 5.82 Å². The highest BCUT2D eigenvalue weighted by Crippen LogP contribution is 2.36. The monoisotopic (exact) mass is 319 g/mol. The fraction of sp³-hybridized carbons (Fsp3) is 0.667. The molecular formula is C18H27BFNO2. The Hall–Kier alpha value is -0.905. The average molecular weight is 319 g/mol. The van der Waals surface area contributed by atoms with Crippen LogP contribution in [0.4, 0.5) is 4.39 Å². The molecule has 0 bridgehead atoms. The van der Waals surface area contributed by atoms with Gasteiger partial charge in [-0.25, -0.2) is 4.39 Å². The van der Waals surface area contributed by atoms with Crippen molar-refractivity contribution in [1.82, 2.24) is 5.32 Å². The van der Waals surface area contributed by atoms with Gasteiger partial charge in [-0.3, -0.25) is 0 Å². The lowest BCUT2D eigenvalue weighted by Gasteiger charge is -2.32. The molecule has 3 rings (SSSR count). The van der Waals surface area contributed by atoms with Crippen molar-refractivity contribution < 1.29 is 13.7 Å². The molecule has 1 saturated carbocycles. The molecule has 1 aromatic carbocycles. The van der Waals surface area contributed by atoms with E-state index in [4.69, 9.17) is 9.31 Å². The fourth-order valence-corrected chi connectivity index (χ4v) is 3.33. The molecule has 2 fully saturated rings. The lowest BCUT2D eigenvalue weighted by Crippen LogP contribution is -2.41. The van der Waals surface area contributed by atoms with Crippen molar-refractivity contribution in [2.45, 2.75) is 77.2 Å². The van der Waals surface area contributed by atoms with Crippen molar-refractivity contribution in [2.24, 2.45) is 0 Å². The van der Waals surface area contributed by atoms with Crippen molar-refractivity contribution in [3.8, 4) is 0 Å². The summed E-state index contributed by atoms with van der Waals surface area (Å²) in [5, 5.41) is 3.49. The molecule has 0 atom stereocenters. The molecule has 1 aliphatic carbocycles. The molecule has 0 unspecified atom stereocenters. The summed E-state index contributed by atoms with van der Waals surface area (Å²) in [6.07, 6.45) is 4.89. The molecule has 23 heavy (non-hydrogen) atoms. The van der Waals surface area contributed by atoms with E-state index in [9.17, 15) is 4.39 Å². The van der Waals surface area contributed by atoms with E-state index >= 15 is 0 Å². The van der Waals surface area contributed by atoms with Gasteiger partial charge in [0.05, 0.1) is 11.2 Å². The van der Waals surface area contributed by atoms with Crippen LogP contribution in [0.2, 0.25) is 0 Å². The number of hydrogen-bond acceptors (Lipinski definition) is 3. The smallest absolute Gasteiger partial charge is 0.399 e. The van der Waals surface area contributed by atoms with Crippen molar-refractivity contribution in [3.63, 3.8) is 0 Å². The first kappa shape index (κ1) is 16.9. The van der Waals surface area contributed by atoms with E-state index in [1.165, 1.54) is 31.7 Å². The number of nitrogens with one attached hydrogen (secondary N) is 1. The SMILES string of the molecule is CC1(C)OB(c2cccc(F)c2CNC2CCCC2)OC1(C)C. The molecule has 5 heteroatoms. The fourth-order valence-electron chi connectivity index (χ4n) is 3.33. The van der Waals surface area contributed by atoms with E-state index in [-0.39, 0.29) is 5.82 Å². The second kappa shape index (κ2) is 6.19. The Bertz CT molecular complexity index is 554. The molecule has 0 aromatic heterocycles. The first-order valence-corrected chi connectivity index (χ1v) is 8.66. The third-order valence-corrected chi connectivity index (χ3v) is 5.58. The Morgan fingerprint density at radius 3 is 2.35 bits per heavy atom. The first-order valence-electron chi connectivity index (χ1n) is 8.66. The number of halogens is 1. The molecule has 3 nitrogen and oxygen atoms in total. The predicted octanol–water partition coefficient (Wildman–Crippen LogP) is 3.16. The lowest BCUT2D eigenvalue weighted by molar-refractivity contribution is 0.00578. The van der Waals surface area contributed by atoms with Crippen LogP contribution in [-0.4, -0.2) is 24.4 Å². The second-order valence-corrected chi connectivity index (χ2v) is 7.76. The van der Waals surface area contributed by atoms with Gasteiger partial charge in [-0.15, -0.1) is 0 Å². The molecule has 1 aliphatic heterocycles. The van der Waals surface area contributed by atoms with Crippen LogP contribution in [0.3, 0.4) is 0 Å². The van der Waals surface area contributed by atoms with Gasteiger partial charge in [-0.05, 0) is 52.1 Å². The summed E-state index contributed by atoms with van der Waals surface area (Å²) in [7, 11) is -0.518. The minimum absolute atomic E-state index is 0.192. The average Bonchev–Trinajstić information content (AvgIpc) is 3.04. The van der Waals surface area contributed by atoms with Crippen molar-refractivity contribution in [2.75, 3.05) is 0 Å². The number of benzene rings is 1. The Balaban J connectivity index is 1.81. The van der Waals surface area contributed by atoms with E-state index in [2.05, 4.69) is 5.32 Å². The second-order valence-electron chi connectivity index (χ2n) is 7.76. The van der Waals surface area contributed by atoms with Gasteiger partial charge in [0.15, 0.2) is 0 Å². The summed E-state index contributed by atoms with van der Waals surface area (Å²) in [6, 6.07) is 5.66. The van der Waals surface area contributed by atoms with Crippen LogP contribution >= 0.6 is 0 Å². The van der Waals surface area contributed by atoms with E-state index < -0.39 is 18.3 Å². The Morgan fingerprint density at radius 2 is 1.74 bits per heavy atom. The maximum atomic E-state index is 14.4. The minimum atomic E-state index is -0.518. The maximum Gasteiger partial charge on any atom is 0.495 e. The van der Waals surface area contributed by atoms with Gasteiger partial charge in [-0.1, -0.05) is 25.0 Å². The van der Waals surface area contributed by atoms with E-state index in [0.717, 1.165) is 5.46 Å². The van der Waals surface area contributed by atoms with Crippen LogP contribution in [0.1, 0.15) is 58.9 Å². The van der Waals surface area contributed by atoms with E-state index in [1.807, 2.05) is 33.8 Å². The zero-order valence-electron chi connectivity index (χ0n) is 14.6. The summed E-state index contributed by atoms with van der Waals surface area (Å²) >= 11 is 0. The third-order valence-electron chi connectivity index (χ3n) is 5.58. The van der Waals surface area contributed by atoms with E-state index in [0.29, 0.717) is 18.2 Å². The van der Waals surface area contributed by atoms with Crippen LogP contribution in [0.25, 0.3) is 0 Å². The van der Waals surface area contributed by atoms with Crippen molar-refractivity contribution in [1.29, 1.82) is 0 Å². The van der Waals surface area contributed by atoms with Crippen LogP contribution in [0, 0.1) is 5.82 Å². The normalized spacial score (nSPS) is 23.6. The molecule has 0 spiro atoms. The minimum Gasteiger partial charge on any atom is -0.399 e. The van der Waals surface area contributed by atoms with Gasteiger partial charge in [0, 0.05) is 18.2 Å². The van der Waals surface area contributed by atoms with Crippen LogP contribution < -0.4 is 10.8 Å². The topological polar surface area (TPSA) is 30.5 Å². The molecule has 1 saturated heterocycles. The standard InChI is InChI=1S/C18H27BFNO2/c1-17(2)18(3,4)23-19(22-17)15-10-7-11-16(20)14(15)12-21-13-8-5-6-9-13/h7,10-11,13,21H,5-6,8-9,12H2,1-4H3. The number of hydrogen-bond donors (Lipinski definition) is 1. The van der Waals surface area contributed by atoms with Gasteiger partial charge < -0.3 is 14.6 Å². The third kappa shape index (κ3) is 3.33. The Kier molecular flexibility index (Phi) is 4.56. The Labute approximate surface area is 139 Å².